The average Bonchev–Trinajstić information content (AvgIpc) is 3.02. The largest absolute Gasteiger partial charge is 0.341 e. The van der Waals surface area contributed by atoms with E-state index in [4.69, 9.17) is 0 Å². The molecular formula is C23H28FN5. The van der Waals surface area contributed by atoms with E-state index in [1.807, 2.05) is 38.5 Å². The molecule has 6 heteroatoms. The molecule has 0 unspecified atom stereocenters. The van der Waals surface area contributed by atoms with Crippen LogP contribution in [0.3, 0.4) is 0 Å². The third-order valence-electron chi connectivity index (χ3n) is 5.83. The fraction of sp³-hybridized carbons (Fsp3) is 0.391. The number of halogens is 1. The molecule has 4 rings (SSSR count). The number of hydrogen-bond acceptors (Lipinski definition) is 4. The summed E-state index contributed by atoms with van der Waals surface area (Å²) in [6.45, 7) is 9.83. The molecule has 0 amide bonds. The Balaban J connectivity index is 1.51. The Labute approximate surface area is 171 Å². The normalized spacial score (nSPS) is 16.0. The van der Waals surface area contributed by atoms with Gasteiger partial charge in [0.25, 0.3) is 0 Å². The number of unbranched alkanes of at least 4 members (excludes halogenated alkanes) is 1. The Hall–Kier alpha value is -2.73. The Bertz CT molecular complexity index is 1050. The topological polar surface area (TPSA) is 46.0 Å². The summed E-state index contributed by atoms with van der Waals surface area (Å²) in [5.41, 5.74) is 1.14. The number of likely N-dealkylation sites (tertiary alicyclic amines) is 1. The summed E-state index contributed by atoms with van der Waals surface area (Å²) in [6.07, 6.45) is 5.91. The van der Waals surface area contributed by atoms with Crippen molar-refractivity contribution >= 4 is 16.6 Å². The Kier molecular flexibility index (Phi) is 5.13. The van der Waals surface area contributed by atoms with E-state index >= 15 is 4.39 Å². The zero-order valence-electron chi connectivity index (χ0n) is 17.4. The van der Waals surface area contributed by atoms with E-state index in [-0.39, 0.29) is 0 Å². The Morgan fingerprint density at radius 1 is 1.21 bits per heavy atom. The van der Waals surface area contributed by atoms with Crippen LogP contribution in [0.4, 0.5) is 10.2 Å². The predicted molar refractivity (Wildman–Crippen MR) is 117 cm³/mol. The molecule has 1 fully saturated rings. The summed E-state index contributed by atoms with van der Waals surface area (Å²) in [5, 5.41) is 5.18. The van der Waals surface area contributed by atoms with Gasteiger partial charge in [-0.25, -0.2) is 14.4 Å². The van der Waals surface area contributed by atoms with Crippen molar-refractivity contribution in [2.45, 2.75) is 32.4 Å². The maximum Gasteiger partial charge on any atom is 0.175 e. The Morgan fingerprint density at radius 2 is 2.00 bits per heavy atom. The molecule has 0 spiro atoms. The van der Waals surface area contributed by atoms with Crippen LogP contribution in [0.25, 0.3) is 22.0 Å². The first-order valence-corrected chi connectivity index (χ1v) is 10.2. The van der Waals surface area contributed by atoms with Gasteiger partial charge in [0.05, 0.1) is 11.9 Å². The highest BCUT2D eigenvalue weighted by atomic mass is 19.1. The molecule has 1 aromatic carbocycles. The van der Waals surface area contributed by atoms with Crippen molar-refractivity contribution in [2.24, 2.45) is 7.05 Å². The summed E-state index contributed by atoms with van der Waals surface area (Å²) in [5.74, 6) is 1.58. The minimum Gasteiger partial charge on any atom is -0.341 e. The van der Waals surface area contributed by atoms with E-state index in [1.165, 1.54) is 0 Å². The van der Waals surface area contributed by atoms with Crippen LogP contribution >= 0.6 is 0 Å². The van der Waals surface area contributed by atoms with Gasteiger partial charge in [-0.2, -0.15) is 0 Å². The van der Waals surface area contributed by atoms with E-state index in [0.29, 0.717) is 24.6 Å². The highest BCUT2D eigenvalue weighted by Crippen LogP contribution is 2.33. The average molecular weight is 394 g/mol. The number of nitrogens with zero attached hydrogens (tertiary/aromatic N) is 4. The second-order valence-electron chi connectivity index (χ2n) is 8.01. The van der Waals surface area contributed by atoms with Crippen LogP contribution in [0, 0.1) is 6.92 Å². The molecule has 0 radical (unpaired) electrons. The van der Waals surface area contributed by atoms with Gasteiger partial charge in [0.15, 0.2) is 5.67 Å². The lowest BCUT2D eigenvalue weighted by molar-refractivity contribution is -0.00275. The molecule has 1 aliphatic heterocycles. The van der Waals surface area contributed by atoms with Gasteiger partial charge in [-0.1, -0.05) is 32.1 Å². The van der Waals surface area contributed by atoms with Crippen LogP contribution in [0.1, 0.15) is 25.6 Å². The molecule has 3 heterocycles. The van der Waals surface area contributed by atoms with Gasteiger partial charge in [0.1, 0.15) is 11.6 Å². The number of fused-ring (bicyclic) bond motifs is 1. The van der Waals surface area contributed by atoms with Crippen LogP contribution in [0.2, 0.25) is 0 Å². The number of rotatable bonds is 7. The van der Waals surface area contributed by atoms with Crippen molar-refractivity contribution in [3.63, 3.8) is 0 Å². The van der Waals surface area contributed by atoms with Crippen LogP contribution in [-0.2, 0) is 7.05 Å². The van der Waals surface area contributed by atoms with Gasteiger partial charge in [0.2, 0.25) is 0 Å². The molecule has 2 aromatic heterocycles. The lowest BCUT2D eigenvalue weighted by Crippen LogP contribution is -2.60. The number of aromatic nitrogens is 3. The van der Waals surface area contributed by atoms with Crippen molar-refractivity contribution < 1.29 is 4.39 Å². The van der Waals surface area contributed by atoms with E-state index in [0.717, 1.165) is 47.2 Å². The van der Waals surface area contributed by atoms with Crippen molar-refractivity contribution in [3.05, 3.63) is 54.8 Å². The summed E-state index contributed by atoms with van der Waals surface area (Å²) < 4.78 is 17.1. The van der Waals surface area contributed by atoms with Crippen LogP contribution in [-0.4, -0.2) is 44.7 Å². The van der Waals surface area contributed by atoms with E-state index in [9.17, 15) is 0 Å². The molecule has 0 bridgehead atoms. The van der Waals surface area contributed by atoms with Crippen molar-refractivity contribution in [2.75, 3.05) is 25.0 Å². The van der Waals surface area contributed by atoms with Crippen molar-refractivity contribution in [1.29, 1.82) is 0 Å². The molecular weight excluding hydrogens is 365 g/mol. The first-order valence-electron chi connectivity index (χ1n) is 10.2. The van der Waals surface area contributed by atoms with Crippen LogP contribution < -0.4 is 5.32 Å². The Morgan fingerprint density at radius 3 is 2.69 bits per heavy atom. The quantitative estimate of drug-likeness (QED) is 0.632. The number of pyridine rings is 1. The van der Waals surface area contributed by atoms with Gasteiger partial charge in [-0.15, -0.1) is 0 Å². The molecule has 5 nitrogen and oxygen atoms in total. The third-order valence-corrected chi connectivity index (χ3v) is 5.83. The maximum absolute atomic E-state index is 15.1. The van der Waals surface area contributed by atoms with Gasteiger partial charge in [-0.3, -0.25) is 4.90 Å². The van der Waals surface area contributed by atoms with Gasteiger partial charge in [0, 0.05) is 43.0 Å². The fourth-order valence-electron chi connectivity index (χ4n) is 3.80. The molecule has 1 N–H and O–H groups in total. The number of hydrogen-bond donors (Lipinski definition) is 1. The molecule has 0 aliphatic carbocycles. The molecule has 1 saturated heterocycles. The summed E-state index contributed by atoms with van der Waals surface area (Å²) in [7, 11) is 2.01. The smallest absolute Gasteiger partial charge is 0.175 e. The van der Waals surface area contributed by atoms with Crippen molar-refractivity contribution in [3.8, 4) is 11.3 Å². The highest BCUT2D eigenvalue weighted by molar-refractivity contribution is 5.88. The van der Waals surface area contributed by atoms with E-state index in [2.05, 4.69) is 50.4 Å². The van der Waals surface area contributed by atoms with Gasteiger partial charge >= 0.3 is 0 Å². The maximum atomic E-state index is 15.1. The zero-order valence-corrected chi connectivity index (χ0v) is 17.4. The monoisotopic (exact) mass is 393 g/mol. The van der Waals surface area contributed by atoms with Crippen LogP contribution in [0.15, 0.2) is 48.9 Å². The molecule has 1 aliphatic rings. The molecule has 0 saturated carbocycles. The van der Waals surface area contributed by atoms with E-state index in [1.54, 1.807) is 0 Å². The zero-order chi connectivity index (χ0) is 20.6. The first kappa shape index (κ1) is 19.6. The predicted octanol–water partition coefficient (Wildman–Crippen LogP) is 4.69. The minimum atomic E-state index is -1.39. The number of anilines is 1. The molecule has 3 aromatic rings. The number of alkyl halides is 1. The molecule has 0 atom stereocenters. The highest BCUT2D eigenvalue weighted by Gasteiger charge is 2.45. The van der Waals surface area contributed by atoms with Gasteiger partial charge in [-0.05, 0) is 37.4 Å². The third kappa shape index (κ3) is 3.77. The lowest BCUT2D eigenvalue weighted by atomic mass is 9.92. The number of aryl methyl sites for hydroxylation is 1. The second kappa shape index (κ2) is 7.59. The van der Waals surface area contributed by atoms with Crippen LogP contribution in [0.5, 0.6) is 0 Å². The van der Waals surface area contributed by atoms with E-state index < -0.39 is 5.67 Å². The molecule has 152 valence electrons. The summed E-state index contributed by atoms with van der Waals surface area (Å²) >= 11 is 0. The standard InChI is InChI=1S/C23H28FN5/c1-5-6-9-29-14-23(24,15-29)16(2)27-22-11-20-10-18(7-8-19(20)12-26-22)21-13-25-17(3)28(21)4/h7-8,10-13H,2,5-6,9,14-15H2,1,3-4H3,(H,26,27). The summed E-state index contributed by atoms with van der Waals surface area (Å²) in [6, 6.07) is 8.18. The second-order valence-corrected chi connectivity index (χ2v) is 8.01. The molecule has 29 heavy (non-hydrogen) atoms. The first-order chi connectivity index (χ1) is 13.9. The lowest BCUT2D eigenvalue weighted by Gasteiger charge is -2.45. The summed E-state index contributed by atoms with van der Waals surface area (Å²) in [4.78, 5) is 11.0. The fourth-order valence-corrected chi connectivity index (χ4v) is 3.80. The minimum absolute atomic E-state index is 0.385. The SMILES string of the molecule is C=C(Nc1cc2cc(-c3cnc(C)n3C)ccc2cn1)C1(F)CN(CCCC)C1. The number of nitrogens with one attached hydrogen (secondary N) is 1. The number of benzene rings is 1. The van der Waals surface area contributed by atoms with Gasteiger partial charge < -0.3 is 9.88 Å². The van der Waals surface area contributed by atoms with Crippen molar-refractivity contribution in [1.82, 2.24) is 19.4 Å². The number of imidazole rings is 1.